The van der Waals surface area contributed by atoms with Crippen LogP contribution >= 0.6 is 11.6 Å². The maximum atomic E-state index is 12.9. The third-order valence-electron chi connectivity index (χ3n) is 5.46. The molecule has 2 aromatic rings. The molecule has 2 unspecified atom stereocenters. The number of hydrogen-bond donors (Lipinski definition) is 1. The molecule has 0 spiro atoms. The number of ether oxygens (including phenoxy) is 4. The van der Waals surface area contributed by atoms with E-state index in [1.54, 1.807) is 35.4 Å². The fourth-order valence-electron chi connectivity index (χ4n) is 3.98. The third-order valence-corrected chi connectivity index (χ3v) is 5.57. The zero-order valence-corrected chi connectivity index (χ0v) is 19.3. The number of benzene rings is 2. The van der Waals surface area contributed by atoms with Crippen LogP contribution < -0.4 is 24.3 Å². The zero-order chi connectivity index (χ0) is 22.5. The zero-order valence-electron chi connectivity index (χ0n) is 18.5. The van der Waals surface area contributed by atoms with Crippen LogP contribution in [-0.2, 0) is 12.8 Å². The van der Waals surface area contributed by atoms with Gasteiger partial charge in [-0.05, 0) is 60.7 Å². The van der Waals surface area contributed by atoms with E-state index in [0.717, 1.165) is 16.7 Å². The quantitative estimate of drug-likeness (QED) is 0.509. The number of nitrogens with zero attached hydrogens (tertiary/aromatic N) is 1. The van der Waals surface area contributed by atoms with Crippen LogP contribution in [0.15, 0.2) is 30.3 Å². The van der Waals surface area contributed by atoms with E-state index in [2.05, 4.69) is 5.32 Å². The molecule has 7 nitrogen and oxygen atoms in total. The fourth-order valence-corrected chi connectivity index (χ4v) is 4.07. The Morgan fingerprint density at radius 1 is 1.03 bits per heavy atom. The van der Waals surface area contributed by atoms with E-state index in [9.17, 15) is 4.79 Å². The van der Waals surface area contributed by atoms with Gasteiger partial charge >= 0.3 is 6.03 Å². The highest BCUT2D eigenvalue weighted by molar-refractivity contribution is 6.21. The molecule has 0 saturated heterocycles. The van der Waals surface area contributed by atoms with E-state index >= 15 is 0 Å². The first-order valence-electron chi connectivity index (χ1n) is 10.1. The Labute approximate surface area is 188 Å². The molecule has 2 aromatic carbocycles. The topological polar surface area (TPSA) is 69.3 Å². The molecule has 1 aliphatic heterocycles. The van der Waals surface area contributed by atoms with Gasteiger partial charge < -0.3 is 29.2 Å². The molecule has 1 heterocycles. The largest absolute Gasteiger partial charge is 0.493 e. The highest BCUT2D eigenvalue weighted by Gasteiger charge is 2.33. The minimum absolute atomic E-state index is 0.201. The van der Waals surface area contributed by atoms with Crippen LogP contribution in [0, 0.1) is 0 Å². The van der Waals surface area contributed by atoms with Crippen molar-refractivity contribution >= 4 is 17.6 Å². The van der Waals surface area contributed by atoms with Gasteiger partial charge in [0.15, 0.2) is 23.0 Å². The smallest absolute Gasteiger partial charge is 0.319 e. The van der Waals surface area contributed by atoms with E-state index in [0.29, 0.717) is 42.4 Å². The van der Waals surface area contributed by atoms with Crippen molar-refractivity contribution in [3.63, 3.8) is 0 Å². The van der Waals surface area contributed by atoms with Gasteiger partial charge in [0.05, 0.1) is 34.5 Å². The molecule has 2 amide bonds. The Morgan fingerprint density at radius 2 is 1.65 bits per heavy atom. The second kappa shape index (κ2) is 10.0. The van der Waals surface area contributed by atoms with Crippen molar-refractivity contribution in [2.75, 3.05) is 35.0 Å². The highest BCUT2D eigenvalue weighted by atomic mass is 35.5. The molecule has 1 aliphatic rings. The van der Waals surface area contributed by atoms with E-state index in [4.69, 9.17) is 30.5 Å². The van der Waals surface area contributed by atoms with Crippen molar-refractivity contribution in [1.29, 1.82) is 0 Å². The van der Waals surface area contributed by atoms with E-state index in [1.165, 1.54) is 0 Å². The summed E-state index contributed by atoms with van der Waals surface area (Å²) in [4.78, 5) is 14.8. The van der Waals surface area contributed by atoms with Crippen LogP contribution in [0.3, 0.4) is 0 Å². The van der Waals surface area contributed by atoms with Crippen LogP contribution in [0.5, 0.6) is 23.0 Å². The molecule has 168 valence electrons. The molecule has 1 N–H and O–H groups in total. The Morgan fingerprint density at radius 3 is 2.26 bits per heavy atom. The van der Waals surface area contributed by atoms with Gasteiger partial charge in [0.2, 0.25) is 0 Å². The van der Waals surface area contributed by atoms with Gasteiger partial charge in [-0.15, -0.1) is 0 Å². The number of fused-ring (bicyclic) bond motifs is 1. The monoisotopic (exact) mass is 448 g/mol. The molecule has 0 radical (unpaired) electrons. The number of amides is 2. The first-order valence-corrected chi connectivity index (χ1v) is 10.5. The van der Waals surface area contributed by atoms with Crippen molar-refractivity contribution in [3.8, 4) is 23.0 Å². The summed E-state index contributed by atoms with van der Waals surface area (Å²) in [5, 5.41) is 2.80. The van der Waals surface area contributed by atoms with Crippen LogP contribution in [0.2, 0.25) is 0 Å². The second-order valence-corrected chi connectivity index (χ2v) is 7.98. The summed E-state index contributed by atoms with van der Waals surface area (Å²) in [6.45, 7) is 2.30. The molecule has 3 rings (SSSR count). The van der Waals surface area contributed by atoms with Crippen LogP contribution in [0.4, 0.5) is 4.79 Å². The SMILES string of the molecule is COc1ccc(CC2c3cc(OC)c(OC)cc3CCN2C(=O)NC(C)Cl)cc1OC. The Balaban J connectivity index is 2.04. The van der Waals surface area contributed by atoms with Gasteiger partial charge in [-0.25, -0.2) is 4.79 Å². The van der Waals surface area contributed by atoms with Gasteiger partial charge in [-0.2, -0.15) is 0 Å². The normalized spacial score (nSPS) is 16.2. The fraction of sp³-hybridized carbons (Fsp3) is 0.435. The minimum atomic E-state index is -0.471. The molecule has 0 aromatic heterocycles. The van der Waals surface area contributed by atoms with E-state index < -0.39 is 5.50 Å². The predicted molar refractivity (Wildman–Crippen MR) is 120 cm³/mol. The van der Waals surface area contributed by atoms with Crippen LogP contribution in [0.1, 0.15) is 29.7 Å². The molecule has 0 aliphatic carbocycles. The van der Waals surface area contributed by atoms with Crippen molar-refractivity contribution in [2.24, 2.45) is 0 Å². The number of carbonyl (C=O) groups is 1. The molecule has 0 fully saturated rings. The molecule has 2 atom stereocenters. The number of halogens is 1. The Kier molecular flexibility index (Phi) is 7.38. The summed E-state index contributed by atoms with van der Waals surface area (Å²) in [7, 11) is 6.44. The van der Waals surface area contributed by atoms with Crippen molar-refractivity contribution in [3.05, 3.63) is 47.0 Å². The number of urea groups is 1. The molecular weight excluding hydrogens is 420 g/mol. The first-order chi connectivity index (χ1) is 14.9. The van der Waals surface area contributed by atoms with Crippen molar-refractivity contribution in [1.82, 2.24) is 10.2 Å². The first kappa shape index (κ1) is 22.9. The van der Waals surface area contributed by atoms with Crippen molar-refractivity contribution in [2.45, 2.75) is 31.3 Å². The lowest BCUT2D eigenvalue weighted by Crippen LogP contribution is -2.47. The molecule has 31 heavy (non-hydrogen) atoms. The van der Waals surface area contributed by atoms with Crippen LogP contribution in [-0.4, -0.2) is 51.4 Å². The lowest BCUT2D eigenvalue weighted by atomic mass is 9.88. The third kappa shape index (κ3) is 4.93. The number of rotatable bonds is 7. The summed E-state index contributed by atoms with van der Waals surface area (Å²) in [5.41, 5.74) is 2.70. The molecule has 0 bridgehead atoms. The van der Waals surface area contributed by atoms with Crippen molar-refractivity contribution < 1.29 is 23.7 Å². The molecule has 0 saturated carbocycles. The summed E-state index contributed by atoms with van der Waals surface area (Å²) in [5.74, 6) is 2.62. The van der Waals surface area contributed by atoms with E-state index in [-0.39, 0.29) is 12.1 Å². The Bertz CT molecular complexity index is 934. The average Bonchev–Trinajstić information content (AvgIpc) is 2.77. The van der Waals surface area contributed by atoms with Gasteiger partial charge in [-0.1, -0.05) is 17.7 Å². The maximum Gasteiger partial charge on any atom is 0.319 e. The predicted octanol–water partition coefficient (Wildman–Crippen LogP) is 4.16. The number of hydrogen-bond acceptors (Lipinski definition) is 5. The Hall–Kier alpha value is -2.80. The number of carbonyl (C=O) groups excluding carboxylic acids is 1. The van der Waals surface area contributed by atoms with Gasteiger partial charge in [-0.3, -0.25) is 0 Å². The lowest BCUT2D eigenvalue weighted by Gasteiger charge is -2.38. The molecular formula is C23H29ClN2O5. The summed E-state index contributed by atoms with van der Waals surface area (Å²) < 4.78 is 21.8. The molecule has 8 heteroatoms. The number of nitrogens with one attached hydrogen (secondary N) is 1. The summed E-state index contributed by atoms with van der Waals surface area (Å²) in [6, 6.07) is 9.34. The maximum absolute atomic E-state index is 12.9. The van der Waals surface area contributed by atoms with E-state index in [1.807, 2.05) is 35.2 Å². The van der Waals surface area contributed by atoms with Crippen LogP contribution in [0.25, 0.3) is 0 Å². The second-order valence-electron chi connectivity index (χ2n) is 7.32. The minimum Gasteiger partial charge on any atom is -0.493 e. The standard InChI is InChI=1S/C23H29ClN2O5/c1-14(24)25-23(27)26-9-8-16-12-21(30-4)22(31-5)13-17(16)18(26)10-15-6-7-19(28-2)20(11-15)29-3/h6-7,11-14,18H,8-10H2,1-5H3,(H,25,27). The number of alkyl halides is 1. The van der Waals surface area contributed by atoms with Gasteiger partial charge in [0.25, 0.3) is 0 Å². The van der Waals surface area contributed by atoms with Gasteiger partial charge in [0.1, 0.15) is 5.50 Å². The number of methoxy groups -OCH3 is 4. The lowest BCUT2D eigenvalue weighted by molar-refractivity contribution is 0.168. The summed E-state index contributed by atoms with van der Waals surface area (Å²) >= 11 is 6.03. The average molecular weight is 449 g/mol. The van der Waals surface area contributed by atoms with Gasteiger partial charge in [0, 0.05) is 6.54 Å². The highest BCUT2D eigenvalue weighted by Crippen LogP contribution is 2.40. The summed E-state index contributed by atoms with van der Waals surface area (Å²) in [6.07, 6.45) is 1.30.